The van der Waals surface area contributed by atoms with Crippen LogP contribution in [0.25, 0.3) is 21.9 Å². The Hall–Kier alpha value is -2.63. The zero-order valence-electron chi connectivity index (χ0n) is 9.57. The van der Waals surface area contributed by atoms with E-state index in [0.29, 0.717) is 16.7 Å². The number of rotatable bonds is 1. The van der Waals surface area contributed by atoms with Crippen molar-refractivity contribution in [1.82, 2.24) is 15.0 Å². The van der Waals surface area contributed by atoms with Gasteiger partial charge in [-0.25, -0.2) is 4.98 Å². The van der Waals surface area contributed by atoms with Crippen LogP contribution >= 0.6 is 0 Å². The molecule has 6 nitrogen and oxygen atoms in total. The molecule has 0 saturated heterocycles. The van der Waals surface area contributed by atoms with Gasteiger partial charge in [-0.15, -0.1) is 0 Å². The van der Waals surface area contributed by atoms with Gasteiger partial charge in [0, 0.05) is 23.5 Å². The number of carbonyl (C=O) groups excluding carboxylic acids is 1. The maximum absolute atomic E-state index is 11.7. The highest BCUT2D eigenvalue weighted by atomic mass is 16.1. The molecule has 6 heteroatoms. The lowest BCUT2D eigenvalue weighted by molar-refractivity contribution is -0.114. The summed E-state index contributed by atoms with van der Waals surface area (Å²) in [5, 5.41) is 4.01. The smallest absolute Gasteiger partial charge is 0.260 e. The van der Waals surface area contributed by atoms with E-state index < -0.39 is 0 Å². The molecule has 0 atom stereocenters. The Labute approximate surface area is 101 Å². The molecule has 0 bridgehead atoms. The highest BCUT2D eigenvalue weighted by Crippen LogP contribution is 2.23. The Morgan fingerprint density at radius 3 is 3.00 bits per heavy atom. The molecule has 0 aliphatic heterocycles. The molecule has 90 valence electrons. The lowest BCUT2D eigenvalue weighted by Gasteiger charge is -2.00. The molecule has 0 unspecified atom stereocenters. The molecule has 18 heavy (non-hydrogen) atoms. The van der Waals surface area contributed by atoms with Crippen molar-refractivity contribution in [3.8, 4) is 0 Å². The second-order valence-corrected chi connectivity index (χ2v) is 4.02. The van der Waals surface area contributed by atoms with Crippen LogP contribution < -0.4 is 10.9 Å². The molecule has 1 amide bonds. The van der Waals surface area contributed by atoms with Gasteiger partial charge in [-0.3, -0.25) is 9.59 Å². The number of hydrogen-bond acceptors (Lipinski definition) is 3. The van der Waals surface area contributed by atoms with Crippen LogP contribution in [0, 0.1) is 0 Å². The minimum Gasteiger partial charge on any atom is -0.339 e. The number of aromatic amines is 2. The van der Waals surface area contributed by atoms with Crippen LogP contribution in [-0.4, -0.2) is 20.9 Å². The molecule has 0 spiro atoms. The molecule has 0 aliphatic carbocycles. The topological polar surface area (TPSA) is 90.6 Å². The molecule has 2 heterocycles. The normalized spacial score (nSPS) is 10.9. The van der Waals surface area contributed by atoms with Crippen LogP contribution in [0.1, 0.15) is 6.92 Å². The maximum atomic E-state index is 11.7. The first-order valence-electron chi connectivity index (χ1n) is 5.42. The molecular formula is C12H10N4O2. The van der Waals surface area contributed by atoms with Crippen LogP contribution in [0.5, 0.6) is 0 Å². The lowest BCUT2D eigenvalue weighted by atomic mass is 10.2. The molecule has 3 rings (SSSR count). The molecule has 2 aromatic heterocycles. The molecular weight excluding hydrogens is 232 g/mol. The first-order chi connectivity index (χ1) is 8.65. The summed E-state index contributed by atoms with van der Waals surface area (Å²) in [6.07, 6.45) is 1.36. The van der Waals surface area contributed by atoms with Crippen molar-refractivity contribution in [3.05, 3.63) is 34.9 Å². The SMILES string of the molecule is CC(=O)Nc1ccc2c(c1)[nH]c1nc[nH]c(=O)c12. The molecule has 0 aliphatic rings. The van der Waals surface area contributed by atoms with E-state index in [1.165, 1.54) is 13.3 Å². The number of anilines is 1. The fourth-order valence-corrected chi connectivity index (χ4v) is 2.02. The Bertz CT molecular complexity index is 816. The van der Waals surface area contributed by atoms with Crippen molar-refractivity contribution in [3.63, 3.8) is 0 Å². The number of hydrogen-bond donors (Lipinski definition) is 3. The quantitative estimate of drug-likeness (QED) is 0.601. The summed E-state index contributed by atoms with van der Waals surface area (Å²) in [5.41, 5.74) is 1.80. The van der Waals surface area contributed by atoms with Crippen molar-refractivity contribution in [2.75, 3.05) is 5.32 Å². The molecule has 1 aromatic carbocycles. The first-order valence-corrected chi connectivity index (χ1v) is 5.42. The van der Waals surface area contributed by atoms with E-state index in [4.69, 9.17) is 0 Å². The summed E-state index contributed by atoms with van der Waals surface area (Å²) in [4.78, 5) is 32.4. The van der Waals surface area contributed by atoms with E-state index in [1.54, 1.807) is 18.2 Å². The van der Waals surface area contributed by atoms with Gasteiger partial charge in [-0.1, -0.05) is 0 Å². The van der Waals surface area contributed by atoms with Gasteiger partial charge in [0.2, 0.25) is 5.91 Å². The van der Waals surface area contributed by atoms with Gasteiger partial charge in [0.15, 0.2) is 0 Å². The van der Waals surface area contributed by atoms with Gasteiger partial charge in [0.25, 0.3) is 5.56 Å². The van der Waals surface area contributed by atoms with Crippen LogP contribution in [0.3, 0.4) is 0 Å². The van der Waals surface area contributed by atoms with Gasteiger partial charge >= 0.3 is 0 Å². The van der Waals surface area contributed by atoms with Crippen molar-refractivity contribution in [2.45, 2.75) is 6.92 Å². The van der Waals surface area contributed by atoms with Crippen LogP contribution in [0.2, 0.25) is 0 Å². The minimum absolute atomic E-state index is 0.138. The third-order valence-corrected chi connectivity index (χ3v) is 2.72. The Kier molecular flexibility index (Phi) is 2.16. The third kappa shape index (κ3) is 1.55. The lowest BCUT2D eigenvalue weighted by Crippen LogP contribution is -2.05. The van der Waals surface area contributed by atoms with Gasteiger partial charge in [0.1, 0.15) is 5.65 Å². The molecule has 3 aromatic rings. The molecule has 0 fully saturated rings. The molecule has 0 radical (unpaired) electrons. The van der Waals surface area contributed by atoms with E-state index in [0.717, 1.165) is 10.9 Å². The number of nitrogens with zero attached hydrogens (tertiary/aromatic N) is 1. The average Bonchev–Trinajstić information content (AvgIpc) is 2.66. The predicted molar refractivity (Wildman–Crippen MR) is 68.5 cm³/mol. The standard InChI is InChI=1S/C12H10N4O2/c1-6(17)15-7-2-3-8-9(4-7)16-11-10(8)12(18)14-5-13-11/h2-5H,1H3,(H,15,17)(H2,13,14,16,18). The first kappa shape index (κ1) is 10.5. The number of aromatic nitrogens is 3. The van der Waals surface area contributed by atoms with E-state index >= 15 is 0 Å². The van der Waals surface area contributed by atoms with Gasteiger partial charge in [-0.05, 0) is 18.2 Å². The number of nitrogens with one attached hydrogen (secondary N) is 3. The monoisotopic (exact) mass is 242 g/mol. The fraction of sp³-hybridized carbons (Fsp3) is 0.0833. The fourth-order valence-electron chi connectivity index (χ4n) is 2.02. The summed E-state index contributed by atoms with van der Waals surface area (Å²) in [5.74, 6) is -0.138. The number of fused-ring (bicyclic) bond motifs is 3. The zero-order valence-corrected chi connectivity index (χ0v) is 9.57. The van der Waals surface area contributed by atoms with E-state index in [-0.39, 0.29) is 11.5 Å². The summed E-state index contributed by atoms with van der Waals surface area (Å²) in [6.45, 7) is 1.45. The van der Waals surface area contributed by atoms with Crippen molar-refractivity contribution >= 4 is 33.5 Å². The van der Waals surface area contributed by atoms with Crippen molar-refractivity contribution in [1.29, 1.82) is 0 Å². The summed E-state index contributed by atoms with van der Waals surface area (Å²) < 4.78 is 0. The van der Waals surface area contributed by atoms with Crippen LogP contribution in [0.4, 0.5) is 5.69 Å². The van der Waals surface area contributed by atoms with E-state index in [9.17, 15) is 9.59 Å². The van der Waals surface area contributed by atoms with Gasteiger partial charge in [-0.2, -0.15) is 0 Å². The van der Waals surface area contributed by atoms with Crippen molar-refractivity contribution < 1.29 is 4.79 Å². The predicted octanol–water partition coefficient (Wildman–Crippen LogP) is 1.36. The van der Waals surface area contributed by atoms with Gasteiger partial charge in [0.05, 0.1) is 11.7 Å². The average molecular weight is 242 g/mol. The van der Waals surface area contributed by atoms with Crippen LogP contribution in [0.15, 0.2) is 29.3 Å². The maximum Gasteiger partial charge on any atom is 0.260 e. The highest BCUT2D eigenvalue weighted by molar-refractivity contribution is 6.06. The minimum atomic E-state index is -0.182. The highest BCUT2D eigenvalue weighted by Gasteiger charge is 2.09. The molecule has 0 saturated carbocycles. The number of amides is 1. The van der Waals surface area contributed by atoms with Crippen molar-refractivity contribution in [2.24, 2.45) is 0 Å². The van der Waals surface area contributed by atoms with E-state index in [1.807, 2.05) is 0 Å². The summed E-state index contributed by atoms with van der Waals surface area (Å²) in [7, 11) is 0. The molecule has 3 N–H and O–H groups in total. The zero-order chi connectivity index (χ0) is 12.7. The Morgan fingerprint density at radius 2 is 2.22 bits per heavy atom. The largest absolute Gasteiger partial charge is 0.339 e. The third-order valence-electron chi connectivity index (χ3n) is 2.72. The van der Waals surface area contributed by atoms with Gasteiger partial charge < -0.3 is 15.3 Å². The number of H-pyrrole nitrogens is 2. The second kappa shape index (κ2) is 3.69. The summed E-state index contributed by atoms with van der Waals surface area (Å²) >= 11 is 0. The summed E-state index contributed by atoms with van der Waals surface area (Å²) in [6, 6.07) is 5.32. The van der Waals surface area contributed by atoms with E-state index in [2.05, 4.69) is 20.3 Å². The second-order valence-electron chi connectivity index (χ2n) is 4.02. The van der Waals surface area contributed by atoms with Crippen LogP contribution in [-0.2, 0) is 4.79 Å². The number of benzene rings is 1. The number of carbonyl (C=O) groups is 1. The Balaban J connectivity index is 2.30. The Morgan fingerprint density at radius 1 is 1.39 bits per heavy atom.